The third-order valence-corrected chi connectivity index (χ3v) is 5.67. The number of hydrogen-bond donors (Lipinski definition) is 2. The van der Waals surface area contributed by atoms with Crippen molar-refractivity contribution in [3.05, 3.63) is 92.9 Å². The summed E-state index contributed by atoms with van der Waals surface area (Å²) in [5, 5.41) is 6.04. The number of ether oxygens (including phenoxy) is 1. The number of benzene rings is 3. The molecule has 0 heterocycles. The Balaban J connectivity index is 1.55. The summed E-state index contributed by atoms with van der Waals surface area (Å²) in [7, 11) is 0. The van der Waals surface area contributed by atoms with Gasteiger partial charge in [-0.15, -0.1) is 0 Å². The fraction of sp³-hybridized carbons (Fsp3) is 0.192. The molecule has 0 aliphatic rings. The summed E-state index contributed by atoms with van der Waals surface area (Å²) in [5.74, 6) is 0.0350. The first kappa shape index (κ1) is 25.5. The summed E-state index contributed by atoms with van der Waals surface area (Å²) in [6.07, 6.45) is 0. The highest BCUT2D eigenvalue weighted by molar-refractivity contribution is 9.10. The van der Waals surface area contributed by atoms with Gasteiger partial charge in [-0.1, -0.05) is 47.4 Å². The molecule has 3 aromatic carbocycles. The molecule has 2 N–H and O–H groups in total. The van der Waals surface area contributed by atoms with Gasteiger partial charge in [0.2, 0.25) is 0 Å². The molecule has 0 fully saturated rings. The minimum atomic E-state index is -0.372. The van der Waals surface area contributed by atoms with Crippen molar-refractivity contribution in [2.75, 3.05) is 18.5 Å². The maximum atomic E-state index is 12.7. The molecular formula is C26H24BrClN2O4. The molecule has 0 radical (unpaired) electrons. The second kappa shape index (κ2) is 11.8. The summed E-state index contributed by atoms with van der Waals surface area (Å²) in [6, 6.07) is 18.2. The molecule has 176 valence electrons. The van der Waals surface area contributed by atoms with Gasteiger partial charge in [0.25, 0.3) is 11.8 Å². The molecule has 0 atom stereocenters. The molecule has 0 saturated carbocycles. The number of halogens is 2. The maximum absolute atomic E-state index is 12.7. The number of ketones is 1. The quantitative estimate of drug-likeness (QED) is 0.337. The Kier molecular flexibility index (Phi) is 8.85. The molecule has 0 unspecified atom stereocenters. The van der Waals surface area contributed by atoms with Crippen LogP contribution in [0.4, 0.5) is 5.69 Å². The van der Waals surface area contributed by atoms with E-state index in [2.05, 4.69) is 26.6 Å². The highest BCUT2D eigenvalue weighted by Gasteiger charge is 2.14. The first-order valence-electron chi connectivity index (χ1n) is 10.6. The number of carbonyl (C=O) groups is 3. The van der Waals surface area contributed by atoms with E-state index in [1.807, 2.05) is 13.8 Å². The highest BCUT2D eigenvalue weighted by atomic mass is 79.9. The van der Waals surface area contributed by atoms with Crippen LogP contribution in [0.3, 0.4) is 0 Å². The zero-order valence-electron chi connectivity index (χ0n) is 18.7. The molecule has 0 aromatic heterocycles. The zero-order valence-corrected chi connectivity index (χ0v) is 21.1. The monoisotopic (exact) mass is 542 g/mol. The topological polar surface area (TPSA) is 84.5 Å². The van der Waals surface area contributed by atoms with Crippen molar-refractivity contribution in [2.45, 2.75) is 13.8 Å². The number of nitrogens with one attached hydrogen (secondary N) is 2. The van der Waals surface area contributed by atoms with Gasteiger partial charge >= 0.3 is 0 Å². The van der Waals surface area contributed by atoms with Crippen LogP contribution in [-0.2, 0) is 4.79 Å². The normalized spacial score (nSPS) is 10.6. The van der Waals surface area contributed by atoms with E-state index in [9.17, 15) is 14.4 Å². The van der Waals surface area contributed by atoms with Crippen LogP contribution >= 0.6 is 27.5 Å². The lowest BCUT2D eigenvalue weighted by Gasteiger charge is -2.10. The van der Waals surface area contributed by atoms with Crippen molar-refractivity contribution in [1.29, 1.82) is 0 Å². The predicted molar refractivity (Wildman–Crippen MR) is 137 cm³/mol. The second-order valence-corrected chi connectivity index (χ2v) is 9.29. The minimum Gasteiger partial charge on any atom is -0.484 e. The minimum absolute atomic E-state index is 0.184. The summed E-state index contributed by atoms with van der Waals surface area (Å²) in [4.78, 5) is 37.2. The highest BCUT2D eigenvalue weighted by Crippen LogP contribution is 2.24. The molecule has 0 saturated heterocycles. The molecule has 6 nitrogen and oxygen atoms in total. The number of anilines is 1. The predicted octanol–water partition coefficient (Wildman–Crippen LogP) is 5.74. The smallest absolute Gasteiger partial charge is 0.262 e. The molecule has 3 rings (SSSR count). The average molecular weight is 544 g/mol. The van der Waals surface area contributed by atoms with E-state index >= 15 is 0 Å². The van der Waals surface area contributed by atoms with Crippen LogP contribution in [0.15, 0.2) is 71.2 Å². The first-order valence-corrected chi connectivity index (χ1v) is 11.8. The summed E-state index contributed by atoms with van der Waals surface area (Å²) in [5.41, 5.74) is 1.89. The third-order valence-electron chi connectivity index (χ3n) is 4.74. The van der Waals surface area contributed by atoms with Crippen LogP contribution in [0.1, 0.15) is 40.1 Å². The van der Waals surface area contributed by atoms with Gasteiger partial charge in [0.05, 0.1) is 0 Å². The summed E-state index contributed by atoms with van der Waals surface area (Å²) in [6.45, 7) is 4.38. The molecule has 0 aliphatic heterocycles. The van der Waals surface area contributed by atoms with Crippen molar-refractivity contribution in [1.82, 2.24) is 5.32 Å². The van der Waals surface area contributed by atoms with Crippen molar-refractivity contribution >= 4 is 50.8 Å². The Bertz CT molecular complexity index is 1200. The van der Waals surface area contributed by atoms with E-state index in [4.69, 9.17) is 16.3 Å². The lowest BCUT2D eigenvalue weighted by Crippen LogP contribution is -2.27. The molecular weight excluding hydrogens is 520 g/mol. The molecule has 8 heteroatoms. The van der Waals surface area contributed by atoms with Crippen LogP contribution in [0.2, 0.25) is 5.02 Å². The van der Waals surface area contributed by atoms with E-state index < -0.39 is 0 Å². The third kappa shape index (κ3) is 7.17. The number of rotatable bonds is 9. The van der Waals surface area contributed by atoms with Gasteiger partial charge in [-0.3, -0.25) is 14.4 Å². The molecule has 34 heavy (non-hydrogen) atoms. The van der Waals surface area contributed by atoms with E-state index in [0.717, 1.165) is 0 Å². The van der Waals surface area contributed by atoms with Crippen LogP contribution in [-0.4, -0.2) is 30.7 Å². The lowest BCUT2D eigenvalue weighted by molar-refractivity contribution is -0.118. The fourth-order valence-electron chi connectivity index (χ4n) is 3.01. The van der Waals surface area contributed by atoms with Crippen LogP contribution in [0.25, 0.3) is 0 Å². The second-order valence-electron chi connectivity index (χ2n) is 8.00. The number of hydrogen-bond acceptors (Lipinski definition) is 4. The van der Waals surface area contributed by atoms with Gasteiger partial charge in [0, 0.05) is 38.4 Å². The molecule has 0 bridgehead atoms. The molecule has 0 spiro atoms. The van der Waals surface area contributed by atoms with Gasteiger partial charge in [-0.2, -0.15) is 0 Å². The van der Waals surface area contributed by atoms with Gasteiger partial charge in [0.1, 0.15) is 5.75 Å². The van der Waals surface area contributed by atoms with Crippen LogP contribution in [0.5, 0.6) is 5.75 Å². The average Bonchev–Trinajstić information content (AvgIpc) is 2.82. The molecule has 3 aromatic rings. The Morgan fingerprint density at radius 1 is 0.971 bits per heavy atom. The lowest BCUT2D eigenvalue weighted by atomic mass is 10.0. The van der Waals surface area contributed by atoms with Gasteiger partial charge in [-0.05, 0) is 66.6 Å². The van der Waals surface area contributed by atoms with E-state index in [-0.39, 0.29) is 24.2 Å². The van der Waals surface area contributed by atoms with Crippen LogP contribution in [0, 0.1) is 5.92 Å². The number of amides is 2. The fourth-order valence-corrected chi connectivity index (χ4v) is 3.61. The van der Waals surface area contributed by atoms with E-state index in [0.29, 0.717) is 50.1 Å². The van der Waals surface area contributed by atoms with Gasteiger partial charge in [0.15, 0.2) is 12.4 Å². The zero-order chi connectivity index (χ0) is 24.7. The van der Waals surface area contributed by atoms with E-state index in [1.54, 1.807) is 66.7 Å². The summed E-state index contributed by atoms with van der Waals surface area (Å²) >= 11 is 9.37. The SMILES string of the molecule is CC(C)CNC(=O)c1cccc(NC(=O)COc2ccc(C(=O)c3cc(Cl)ccc3Br)cc2)c1. The molecule has 0 aliphatic carbocycles. The molecule has 2 amide bonds. The Morgan fingerprint density at radius 2 is 1.71 bits per heavy atom. The Hall–Kier alpha value is -3.16. The first-order chi connectivity index (χ1) is 16.2. The Morgan fingerprint density at radius 3 is 2.41 bits per heavy atom. The van der Waals surface area contributed by atoms with Gasteiger partial charge in [-0.25, -0.2) is 0 Å². The Labute approximate surface area is 211 Å². The van der Waals surface area contributed by atoms with Crippen molar-refractivity contribution in [3.63, 3.8) is 0 Å². The maximum Gasteiger partial charge on any atom is 0.262 e. The number of carbonyl (C=O) groups excluding carboxylic acids is 3. The van der Waals surface area contributed by atoms with Crippen molar-refractivity contribution in [2.24, 2.45) is 5.92 Å². The van der Waals surface area contributed by atoms with Crippen LogP contribution < -0.4 is 15.4 Å². The summed E-state index contributed by atoms with van der Waals surface area (Å²) < 4.78 is 6.19. The largest absolute Gasteiger partial charge is 0.484 e. The van der Waals surface area contributed by atoms with Gasteiger partial charge < -0.3 is 15.4 Å². The van der Waals surface area contributed by atoms with Crippen molar-refractivity contribution in [3.8, 4) is 5.75 Å². The van der Waals surface area contributed by atoms with Crippen molar-refractivity contribution < 1.29 is 19.1 Å². The standard InChI is InChI=1S/C26H24BrClN2O4/c1-16(2)14-29-26(33)18-4-3-5-20(12-18)30-24(31)15-34-21-9-6-17(7-10-21)25(32)22-13-19(28)8-11-23(22)27/h3-13,16H,14-15H2,1-2H3,(H,29,33)(H,30,31). The van der Waals surface area contributed by atoms with E-state index in [1.165, 1.54) is 0 Å².